The van der Waals surface area contributed by atoms with Crippen molar-refractivity contribution in [2.75, 3.05) is 13.1 Å². The third-order valence-corrected chi connectivity index (χ3v) is 5.33. The fourth-order valence-corrected chi connectivity index (χ4v) is 4.74. The minimum absolute atomic E-state index is 0.738. The summed E-state index contributed by atoms with van der Waals surface area (Å²) in [5, 5.41) is 3.66. The van der Waals surface area contributed by atoms with E-state index in [9.17, 15) is 0 Å². The van der Waals surface area contributed by atoms with Gasteiger partial charge in [-0.05, 0) is 43.8 Å². The molecule has 0 saturated heterocycles. The van der Waals surface area contributed by atoms with Gasteiger partial charge in [0.2, 0.25) is 0 Å². The molecule has 20 heavy (non-hydrogen) atoms. The zero-order valence-electron chi connectivity index (χ0n) is 14.3. The van der Waals surface area contributed by atoms with Crippen LogP contribution in [0.3, 0.4) is 0 Å². The Bertz CT molecular complexity index is 375. The Labute approximate surface area is 127 Å². The van der Waals surface area contributed by atoms with Crippen molar-refractivity contribution in [3.63, 3.8) is 0 Å². The van der Waals surface area contributed by atoms with Crippen LogP contribution < -0.4 is 5.32 Å². The van der Waals surface area contributed by atoms with Crippen LogP contribution in [0.25, 0.3) is 0 Å². The second kappa shape index (κ2) is 7.99. The van der Waals surface area contributed by atoms with Crippen LogP contribution >= 0.6 is 0 Å². The summed E-state index contributed by atoms with van der Waals surface area (Å²) in [6, 6.07) is 10.5. The van der Waals surface area contributed by atoms with Crippen LogP contribution in [0.15, 0.2) is 24.3 Å². The minimum atomic E-state index is -1.00. The monoisotopic (exact) mass is 291 g/mol. The molecule has 0 saturated carbocycles. The summed E-state index contributed by atoms with van der Waals surface area (Å²) < 4.78 is 0. The Kier molecular flexibility index (Phi) is 6.97. The Morgan fingerprint density at radius 3 is 2.10 bits per heavy atom. The maximum Gasteiger partial charge on any atom is 0.0446 e. The fourth-order valence-electron chi connectivity index (χ4n) is 2.72. The van der Waals surface area contributed by atoms with E-state index in [1.165, 1.54) is 23.6 Å². The molecule has 1 aromatic carbocycles. The molecular weight excluding hydrogens is 258 g/mol. The second-order valence-corrected chi connectivity index (χ2v) is 13.4. The quantitative estimate of drug-likeness (QED) is 0.682. The average Bonchev–Trinajstić information content (AvgIpc) is 2.29. The standard InChI is InChI=1S/C18H33NSi/c1-15(2)12-19-13-18(14-20(4,5)6)11-17-9-7-16(3)8-10-17/h7-10,15,18-19H,11-14H2,1-6H3. The molecule has 0 aromatic heterocycles. The number of hydrogen-bond donors (Lipinski definition) is 1. The van der Waals surface area contributed by atoms with Crippen LogP contribution in [-0.2, 0) is 6.42 Å². The van der Waals surface area contributed by atoms with Crippen LogP contribution in [0.1, 0.15) is 25.0 Å². The van der Waals surface area contributed by atoms with Crippen molar-refractivity contribution in [2.45, 2.75) is 52.9 Å². The molecule has 0 radical (unpaired) electrons. The highest BCUT2D eigenvalue weighted by atomic mass is 28.3. The van der Waals surface area contributed by atoms with Gasteiger partial charge in [-0.15, -0.1) is 0 Å². The molecular formula is C18H33NSi. The number of rotatable bonds is 8. The van der Waals surface area contributed by atoms with Crippen molar-refractivity contribution in [2.24, 2.45) is 11.8 Å². The normalized spacial score (nSPS) is 13.8. The molecule has 0 aliphatic heterocycles. The van der Waals surface area contributed by atoms with Crippen molar-refractivity contribution in [3.05, 3.63) is 35.4 Å². The van der Waals surface area contributed by atoms with E-state index in [-0.39, 0.29) is 0 Å². The fraction of sp³-hybridized carbons (Fsp3) is 0.667. The summed E-state index contributed by atoms with van der Waals surface area (Å²) in [4.78, 5) is 0. The number of benzene rings is 1. The van der Waals surface area contributed by atoms with E-state index in [4.69, 9.17) is 0 Å². The van der Waals surface area contributed by atoms with Gasteiger partial charge >= 0.3 is 0 Å². The minimum Gasteiger partial charge on any atom is -0.316 e. The lowest BCUT2D eigenvalue weighted by atomic mass is 10.00. The lowest BCUT2D eigenvalue weighted by Crippen LogP contribution is -2.33. The van der Waals surface area contributed by atoms with Gasteiger partial charge in [0.05, 0.1) is 0 Å². The third-order valence-electron chi connectivity index (χ3n) is 3.53. The molecule has 1 nitrogen and oxygen atoms in total. The van der Waals surface area contributed by atoms with Gasteiger partial charge in [-0.25, -0.2) is 0 Å². The molecule has 0 aliphatic carbocycles. The molecule has 1 unspecified atom stereocenters. The lowest BCUT2D eigenvalue weighted by molar-refractivity contribution is 0.470. The van der Waals surface area contributed by atoms with Crippen LogP contribution in [-0.4, -0.2) is 21.2 Å². The first-order valence-electron chi connectivity index (χ1n) is 8.02. The summed E-state index contributed by atoms with van der Waals surface area (Å²) in [7, 11) is -1.00. The van der Waals surface area contributed by atoms with Gasteiger partial charge in [-0.2, -0.15) is 0 Å². The molecule has 1 aromatic rings. The van der Waals surface area contributed by atoms with E-state index < -0.39 is 8.07 Å². The van der Waals surface area contributed by atoms with Crippen molar-refractivity contribution >= 4 is 8.07 Å². The maximum absolute atomic E-state index is 3.66. The summed E-state index contributed by atoms with van der Waals surface area (Å²) in [6.07, 6.45) is 1.22. The zero-order valence-corrected chi connectivity index (χ0v) is 15.3. The van der Waals surface area contributed by atoms with E-state index >= 15 is 0 Å². The highest BCUT2D eigenvalue weighted by molar-refractivity contribution is 6.76. The zero-order chi connectivity index (χ0) is 15.2. The van der Waals surface area contributed by atoms with Crippen molar-refractivity contribution in [1.29, 1.82) is 0 Å². The van der Waals surface area contributed by atoms with E-state index in [0.29, 0.717) is 0 Å². The molecule has 0 spiro atoms. The summed E-state index contributed by atoms with van der Waals surface area (Å²) in [5.74, 6) is 1.52. The predicted octanol–water partition coefficient (Wildman–Crippen LogP) is 4.74. The summed E-state index contributed by atoms with van der Waals surface area (Å²) >= 11 is 0. The smallest absolute Gasteiger partial charge is 0.0446 e. The van der Waals surface area contributed by atoms with E-state index in [0.717, 1.165) is 24.9 Å². The van der Waals surface area contributed by atoms with Crippen LogP contribution in [0.2, 0.25) is 25.7 Å². The highest BCUT2D eigenvalue weighted by Gasteiger charge is 2.20. The molecule has 0 fully saturated rings. The van der Waals surface area contributed by atoms with Crippen molar-refractivity contribution < 1.29 is 0 Å². The van der Waals surface area contributed by atoms with Gasteiger partial charge < -0.3 is 5.32 Å². The van der Waals surface area contributed by atoms with Crippen LogP contribution in [0.5, 0.6) is 0 Å². The second-order valence-electron chi connectivity index (χ2n) is 7.87. The topological polar surface area (TPSA) is 12.0 Å². The Balaban J connectivity index is 2.59. The van der Waals surface area contributed by atoms with Gasteiger partial charge in [0, 0.05) is 8.07 Å². The Morgan fingerprint density at radius 2 is 1.60 bits per heavy atom. The van der Waals surface area contributed by atoms with E-state index in [1.54, 1.807) is 0 Å². The van der Waals surface area contributed by atoms with E-state index in [1.807, 2.05) is 0 Å². The van der Waals surface area contributed by atoms with Gasteiger partial charge in [0.25, 0.3) is 0 Å². The molecule has 1 atom stereocenters. The molecule has 0 amide bonds. The lowest BCUT2D eigenvalue weighted by Gasteiger charge is -2.25. The van der Waals surface area contributed by atoms with Crippen molar-refractivity contribution in [3.8, 4) is 0 Å². The van der Waals surface area contributed by atoms with Gasteiger partial charge in [-0.1, -0.05) is 69.4 Å². The van der Waals surface area contributed by atoms with E-state index in [2.05, 4.69) is 70.0 Å². The Morgan fingerprint density at radius 1 is 1.00 bits per heavy atom. The largest absolute Gasteiger partial charge is 0.316 e. The highest BCUT2D eigenvalue weighted by Crippen LogP contribution is 2.21. The third kappa shape index (κ3) is 7.86. The first-order chi connectivity index (χ1) is 9.26. The number of aryl methyl sites for hydroxylation is 1. The average molecular weight is 292 g/mol. The van der Waals surface area contributed by atoms with Crippen LogP contribution in [0.4, 0.5) is 0 Å². The van der Waals surface area contributed by atoms with Gasteiger partial charge in [0.1, 0.15) is 0 Å². The molecule has 114 valence electrons. The Hall–Kier alpha value is -0.603. The number of nitrogens with one attached hydrogen (secondary N) is 1. The predicted molar refractivity (Wildman–Crippen MR) is 94.2 cm³/mol. The summed E-state index contributed by atoms with van der Waals surface area (Å²) in [5.41, 5.74) is 2.85. The summed E-state index contributed by atoms with van der Waals surface area (Å²) in [6.45, 7) is 16.5. The molecule has 1 rings (SSSR count). The van der Waals surface area contributed by atoms with Gasteiger partial charge in [-0.3, -0.25) is 0 Å². The molecule has 2 heteroatoms. The molecule has 0 aliphatic rings. The van der Waals surface area contributed by atoms with Crippen LogP contribution in [0, 0.1) is 18.8 Å². The molecule has 1 N–H and O–H groups in total. The first kappa shape index (κ1) is 17.4. The first-order valence-corrected chi connectivity index (χ1v) is 11.7. The van der Waals surface area contributed by atoms with Crippen molar-refractivity contribution in [1.82, 2.24) is 5.32 Å². The number of hydrogen-bond acceptors (Lipinski definition) is 1. The maximum atomic E-state index is 3.66. The SMILES string of the molecule is Cc1ccc(CC(CNCC(C)C)C[Si](C)(C)C)cc1. The molecule has 0 heterocycles. The van der Waals surface area contributed by atoms with Gasteiger partial charge in [0.15, 0.2) is 0 Å². The molecule has 0 bridgehead atoms.